The van der Waals surface area contributed by atoms with Gasteiger partial charge in [-0.15, -0.1) is 0 Å². The van der Waals surface area contributed by atoms with E-state index in [9.17, 15) is 22.8 Å². The van der Waals surface area contributed by atoms with Crippen LogP contribution in [0.4, 0.5) is 13.2 Å². The van der Waals surface area contributed by atoms with Gasteiger partial charge in [-0.05, 0) is 43.9 Å². The number of para-hydroxylation sites is 1. The topological polar surface area (TPSA) is 107 Å². The highest BCUT2D eigenvalue weighted by molar-refractivity contribution is 6.30. The predicted octanol–water partition coefficient (Wildman–Crippen LogP) is 4.52. The molecule has 0 radical (unpaired) electrons. The van der Waals surface area contributed by atoms with Crippen LogP contribution in [-0.2, 0) is 9.59 Å². The normalized spacial score (nSPS) is 27.1. The Morgan fingerprint density at radius 2 is 2.03 bits per heavy atom. The fourth-order valence-electron chi connectivity index (χ4n) is 5.38. The van der Waals surface area contributed by atoms with E-state index in [4.69, 9.17) is 21.7 Å². The second-order valence-electron chi connectivity index (χ2n) is 10.7. The molecule has 5 rings (SSSR count). The van der Waals surface area contributed by atoms with Crippen LogP contribution >= 0.6 is 11.6 Å². The highest BCUT2D eigenvalue weighted by atomic mass is 35.5. The molecule has 3 N–H and O–H groups in total. The molecule has 1 aliphatic carbocycles. The van der Waals surface area contributed by atoms with Crippen molar-refractivity contribution in [3.63, 3.8) is 0 Å². The summed E-state index contributed by atoms with van der Waals surface area (Å²) in [5.41, 5.74) is 0.452. The van der Waals surface area contributed by atoms with E-state index in [1.54, 1.807) is 30.5 Å². The SMILES string of the molecule is CC1(C)CC(=O)N(C(c2cncc(Cl)c2)[C@@H]2C[C@H]2C(=O)N[C@@H]2C[C@H](C(F)(F)F)Oc3ccccc32)C(=N)N1. The van der Waals surface area contributed by atoms with Gasteiger partial charge >= 0.3 is 6.18 Å². The van der Waals surface area contributed by atoms with Gasteiger partial charge < -0.3 is 15.4 Å². The second kappa shape index (κ2) is 9.44. The maximum atomic E-state index is 13.5. The third kappa shape index (κ3) is 5.16. The Kier molecular flexibility index (Phi) is 6.53. The maximum Gasteiger partial charge on any atom is 0.425 e. The third-order valence-electron chi connectivity index (χ3n) is 7.18. The van der Waals surface area contributed by atoms with Crippen LogP contribution in [-0.4, -0.2) is 45.5 Å². The fourth-order valence-corrected chi connectivity index (χ4v) is 5.57. The van der Waals surface area contributed by atoms with Crippen molar-refractivity contribution in [2.45, 2.75) is 63.0 Å². The molecule has 1 aromatic carbocycles. The quantitative estimate of drug-likeness (QED) is 0.508. The van der Waals surface area contributed by atoms with Gasteiger partial charge in [-0.2, -0.15) is 13.2 Å². The number of nitrogens with one attached hydrogen (secondary N) is 3. The number of hydrogen-bond acceptors (Lipinski definition) is 5. The number of pyridine rings is 1. The van der Waals surface area contributed by atoms with Crippen LogP contribution in [0.2, 0.25) is 5.02 Å². The minimum Gasteiger partial charge on any atom is -0.480 e. The molecule has 38 heavy (non-hydrogen) atoms. The minimum atomic E-state index is -4.58. The van der Waals surface area contributed by atoms with Gasteiger partial charge in [0.05, 0.1) is 17.1 Å². The lowest BCUT2D eigenvalue weighted by atomic mass is 9.93. The lowest BCUT2D eigenvalue weighted by Gasteiger charge is -2.42. The average Bonchev–Trinajstić information content (AvgIpc) is 3.60. The van der Waals surface area contributed by atoms with Crippen molar-refractivity contribution in [1.82, 2.24) is 20.5 Å². The molecule has 2 aliphatic heterocycles. The van der Waals surface area contributed by atoms with Crippen LogP contribution in [0.1, 0.15) is 56.3 Å². The molecule has 1 unspecified atom stereocenters. The van der Waals surface area contributed by atoms with Gasteiger partial charge in [0.15, 0.2) is 12.1 Å². The number of amides is 2. The highest BCUT2D eigenvalue weighted by Gasteiger charge is 2.54. The number of aromatic nitrogens is 1. The molecule has 3 aliphatic rings. The first kappa shape index (κ1) is 26.3. The first-order valence-electron chi connectivity index (χ1n) is 12.3. The van der Waals surface area contributed by atoms with E-state index in [-0.39, 0.29) is 30.0 Å². The van der Waals surface area contributed by atoms with E-state index in [1.165, 1.54) is 17.2 Å². The molecule has 2 aromatic rings. The lowest BCUT2D eigenvalue weighted by Crippen LogP contribution is -2.60. The molecule has 8 nitrogen and oxygen atoms in total. The monoisotopic (exact) mass is 549 g/mol. The van der Waals surface area contributed by atoms with E-state index < -0.39 is 48.1 Å². The second-order valence-corrected chi connectivity index (χ2v) is 11.1. The first-order valence-corrected chi connectivity index (χ1v) is 12.6. The number of nitrogens with zero attached hydrogens (tertiary/aromatic N) is 2. The number of alkyl halides is 3. The van der Waals surface area contributed by atoms with E-state index in [2.05, 4.69) is 15.6 Å². The van der Waals surface area contributed by atoms with Gasteiger partial charge in [0.25, 0.3) is 0 Å². The molecule has 2 amide bonds. The highest BCUT2D eigenvalue weighted by Crippen LogP contribution is 2.52. The number of hydrogen-bond donors (Lipinski definition) is 3. The van der Waals surface area contributed by atoms with Crippen molar-refractivity contribution in [1.29, 1.82) is 5.41 Å². The molecule has 3 heterocycles. The summed E-state index contributed by atoms with van der Waals surface area (Å²) in [6.07, 6.45) is -3.54. The molecule has 1 aromatic heterocycles. The lowest BCUT2D eigenvalue weighted by molar-refractivity contribution is -0.201. The number of ether oxygens (including phenoxy) is 1. The number of guanidine groups is 1. The van der Waals surface area contributed by atoms with Crippen molar-refractivity contribution in [2.24, 2.45) is 11.8 Å². The Balaban J connectivity index is 1.39. The molecule has 1 saturated heterocycles. The Labute approximate surface area is 222 Å². The molecule has 2 fully saturated rings. The van der Waals surface area contributed by atoms with Crippen molar-refractivity contribution >= 4 is 29.4 Å². The van der Waals surface area contributed by atoms with Crippen LogP contribution in [0.15, 0.2) is 42.7 Å². The summed E-state index contributed by atoms with van der Waals surface area (Å²) in [6.45, 7) is 3.64. The summed E-state index contributed by atoms with van der Waals surface area (Å²) in [5.74, 6) is -1.65. The Bertz CT molecular complexity index is 1270. The van der Waals surface area contributed by atoms with E-state index in [0.717, 1.165) is 0 Å². The summed E-state index contributed by atoms with van der Waals surface area (Å²) in [4.78, 5) is 32.0. The summed E-state index contributed by atoms with van der Waals surface area (Å²) in [7, 11) is 0. The molecule has 0 bridgehead atoms. The predicted molar refractivity (Wildman–Crippen MR) is 132 cm³/mol. The number of carbonyl (C=O) groups excluding carboxylic acids is 2. The van der Waals surface area contributed by atoms with Crippen LogP contribution in [0.5, 0.6) is 5.75 Å². The number of halogens is 4. The molecule has 12 heteroatoms. The van der Waals surface area contributed by atoms with E-state index >= 15 is 0 Å². The van der Waals surface area contributed by atoms with Crippen molar-refractivity contribution in [3.8, 4) is 5.75 Å². The van der Waals surface area contributed by atoms with Crippen LogP contribution < -0.4 is 15.4 Å². The fraction of sp³-hybridized carbons (Fsp3) is 0.462. The molecule has 202 valence electrons. The number of carbonyl (C=O) groups is 2. The van der Waals surface area contributed by atoms with Gasteiger partial charge in [0.2, 0.25) is 11.8 Å². The van der Waals surface area contributed by atoms with Crippen LogP contribution in [0.3, 0.4) is 0 Å². The van der Waals surface area contributed by atoms with Crippen molar-refractivity contribution in [2.75, 3.05) is 0 Å². The summed E-state index contributed by atoms with van der Waals surface area (Å²) in [6, 6.07) is 6.43. The molecule has 1 saturated carbocycles. The minimum absolute atomic E-state index is 0.0858. The van der Waals surface area contributed by atoms with Crippen LogP contribution in [0, 0.1) is 17.2 Å². The Morgan fingerprint density at radius 1 is 1.29 bits per heavy atom. The first-order chi connectivity index (χ1) is 17.8. The zero-order valence-electron chi connectivity index (χ0n) is 20.7. The third-order valence-corrected chi connectivity index (χ3v) is 7.39. The van der Waals surface area contributed by atoms with Gasteiger partial charge in [0.1, 0.15) is 5.75 Å². The number of rotatable bonds is 5. The molecule has 5 atom stereocenters. The Hall–Kier alpha value is -3.34. The van der Waals surface area contributed by atoms with Gasteiger partial charge in [-0.1, -0.05) is 29.8 Å². The van der Waals surface area contributed by atoms with E-state index in [1.807, 2.05) is 13.8 Å². The zero-order chi connectivity index (χ0) is 27.4. The number of fused-ring (bicyclic) bond motifs is 1. The average molecular weight is 550 g/mol. The summed E-state index contributed by atoms with van der Waals surface area (Å²) in [5, 5.41) is 14.7. The summed E-state index contributed by atoms with van der Waals surface area (Å²) >= 11 is 6.18. The maximum absolute atomic E-state index is 13.5. The van der Waals surface area contributed by atoms with Crippen molar-refractivity contribution < 1.29 is 27.5 Å². The van der Waals surface area contributed by atoms with Gasteiger partial charge in [-0.25, -0.2) is 0 Å². The van der Waals surface area contributed by atoms with Gasteiger partial charge in [0, 0.05) is 42.3 Å². The van der Waals surface area contributed by atoms with Gasteiger partial charge in [-0.3, -0.25) is 24.9 Å². The van der Waals surface area contributed by atoms with E-state index in [0.29, 0.717) is 22.6 Å². The smallest absolute Gasteiger partial charge is 0.425 e. The molecule has 0 spiro atoms. The molecular weight excluding hydrogens is 523 g/mol. The Morgan fingerprint density at radius 3 is 2.71 bits per heavy atom. The van der Waals surface area contributed by atoms with Crippen molar-refractivity contribution in [3.05, 3.63) is 58.9 Å². The largest absolute Gasteiger partial charge is 0.480 e. The standard InChI is InChI=1S/C26H27ClF3N5O3/c1-25(2)10-21(36)35(24(31)34-25)22(13-7-14(27)12-32-11-13)16-8-17(16)23(37)33-18-9-20(26(28,29)30)38-19-6-4-3-5-15(18)19/h3-7,11-12,16-18,20,22H,8-10H2,1-2H3,(H2,31,34)(H,33,37)/t16-,17-,18-,20-,22?/m1/s1. The zero-order valence-corrected chi connectivity index (χ0v) is 21.4. The van der Waals surface area contributed by atoms with Crippen LogP contribution in [0.25, 0.3) is 0 Å². The number of benzene rings is 1. The summed E-state index contributed by atoms with van der Waals surface area (Å²) < 4.78 is 45.7. The molecular formula is C26H27ClF3N5O3.